The summed E-state index contributed by atoms with van der Waals surface area (Å²) in [5.74, 6) is -5.22. The second-order valence-corrected chi connectivity index (χ2v) is 4.79. The number of aliphatic hydroxyl groups is 1. The van der Waals surface area contributed by atoms with E-state index in [4.69, 9.17) is 0 Å². The lowest BCUT2D eigenvalue weighted by atomic mass is 9.89. The van der Waals surface area contributed by atoms with Gasteiger partial charge in [-0.2, -0.15) is 22.0 Å². The SMILES string of the molecule is C[C@@](O)(c1ccccc1I)C(F)(F)C(F)(F)F. The second-order valence-electron chi connectivity index (χ2n) is 3.62. The number of hydrogen-bond acceptors (Lipinski definition) is 1. The molecule has 17 heavy (non-hydrogen) atoms. The van der Waals surface area contributed by atoms with Crippen LogP contribution in [0.2, 0.25) is 0 Å². The van der Waals surface area contributed by atoms with Gasteiger partial charge in [0.15, 0.2) is 5.60 Å². The Kier molecular flexibility index (Phi) is 3.73. The van der Waals surface area contributed by atoms with Gasteiger partial charge in [-0.05, 0) is 35.6 Å². The van der Waals surface area contributed by atoms with E-state index >= 15 is 0 Å². The van der Waals surface area contributed by atoms with Crippen molar-refractivity contribution >= 4 is 22.6 Å². The van der Waals surface area contributed by atoms with Gasteiger partial charge in [0.05, 0.1) is 0 Å². The van der Waals surface area contributed by atoms with Crippen molar-refractivity contribution < 1.29 is 27.1 Å². The molecule has 1 atom stereocenters. The van der Waals surface area contributed by atoms with Gasteiger partial charge >= 0.3 is 12.1 Å². The lowest BCUT2D eigenvalue weighted by Crippen LogP contribution is -2.53. The van der Waals surface area contributed by atoms with Gasteiger partial charge in [0.25, 0.3) is 0 Å². The maximum Gasteiger partial charge on any atom is 0.456 e. The maximum atomic E-state index is 13.2. The first-order chi connectivity index (χ1) is 7.52. The summed E-state index contributed by atoms with van der Waals surface area (Å²) >= 11 is 1.59. The molecule has 0 saturated heterocycles. The van der Waals surface area contributed by atoms with E-state index in [0.29, 0.717) is 6.92 Å². The van der Waals surface area contributed by atoms with Gasteiger partial charge in [0.1, 0.15) is 0 Å². The molecule has 7 heteroatoms. The van der Waals surface area contributed by atoms with Gasteiger partial charge in [0.2, 0.25) is 0 Å². The zero-order valence-electron chi connectivity index (χ0n) is 8.52. The number of hydrogen-bond donors (Lipinski definition) is 1. The minimum atomic E-state index is -5.81. The number of alkyl halides is 5. The van der Waals surface area contributed by atoms with Crippen LogP contribution in [0.15, 0.2) is 24.3 Å². The van der Waals surface area contributed by atoms with E-state index in [1.54, 1.807) is 22.6 Å². The summed E-state index contributed by atoms with van der Waals surface area (Å²) in [5, 5.41) is 9.56. The second kappa shape index (κ2) is 4.34. The van der Waals surface area contributed by atoms with Crippen LogP contribution in [0.5, 0.6) is 0 Å². The Bertz CT molecular complexity index is 413. The van der Waals surface area contributed by atoms with Crippen molar-refractivity contribution in [3.8, 4) is 0 Å². The summed E-state index contributed by atoms with van der Waals surface area (Å²) in [4.78, 5) is 0. The molecule has 0 aliphatic rings. The van der Waals surface area contributed by atoms with E-state index in [2.05, 4.69) is 0 Å². The van der Waals surface area contributed by atoms with Crippen molar-refractivity contribution in [2.24, 2.45) is 0 Å². The van der Waals surface area contributed by atoms with E-state index in [9.17, 15) is 27.1 Å². The topological polar surface area (TPSA) is 20.2 Å². The van der Waals surface area contributed by atoms with Crippen LogP contribution in [0.4, 0.5) is 22.0 Å². The number of halogens is 6. The molecule has 1 nitrogen and oxygen atoms in total. The van der Waals surface area contributed by atoms with Crippen molar-refractivity contribution in [2.45, 2.75) is 24.6 Å². The van der Waals surface area contributed by atoms with Crippen molar-refractivity contribution in [1.29, 1.82) is 0 Å². The highest BCUT2D eigenvalue weighted by molar-refractivity contribution is 14.1. The molecule has 1 aromatic rings. The highest BCUT2D eigenvalue weighted by Crippen LogP contribution is 2.48. The predicted molar refractivity (Wildman–Crippen MR) is 59.7 cm³/mol. The fourth-order valence-electron chi connectivity index (χ4n) is 1.30. The monoisotopic (exact) mass is 366 g/mol. The Morgan fingerprint density at radius 3 is 1.94 bits per heavy atom. The third-order valence-corrected chi connectivity index (χ3v) is 3.31. The third kappa shape index (κ3) is 2.40. The smallest absolute Gasteiger partial charge is 0.379 e. The molecule has 0 aliphatic carbocycles. The Morgan fingerprint density at radius 2 is 1.53 bits per heavy atom. The van der Waals surface area contributed by atoms with Gasteiger partial charge in [-0.15, -0.1) is 0 Å². The van der Waals surface area contributed by atoms with E-state index in [1.807, 2.05) is 0 Å². The molecule has 96 valence electrons. The number of benzene rings is 1. The molecule has 1 rings (SSSR count). The zero-order chi connectivity index (χ0) is 13.5. The highest BCUT2D eigenvalue weighted by atomic mass is 127. The number of rotatable bonds is 2. The summed E-state index contributed by atoms with van der Waals surface area (Å²) < 4.78 is 63.2. The molecule has 1 N–H and O–H groups in total. The summed E-state index contributed by atoms with van der Waals surface area (Å²) in [5.41, 5.74) is -3.76. The summed E-state index contributed by atoms with van der Waals surface area (Å²) in [7, 11) is 0. The quantitative estimate of drug-likeness (QED) is 0.625. The van der Waals surface area contributed by atoms with Crippen LogP contribution in [-0.4, -0.2) is 17.2 Å². The fraction of sp³-hybridized carbons (Fsp3) is 0.400. The van der Waals surface area contributed by atoms with Crippen molar-refractivity contribution in [3.05, 3.63) is 33.4 Å². The standard InChI is InChI=1S/C10H8F5IO/c1-8(17,9(11,12)10(13,14)15)6-4-2-3-5-7(6)16/h2-5,17H,1H3/t8-/m1/s1. The van der Waals surface area contributed by atoms with E-state index in [-0.39, 0.29) is 3.57 Å². The van der Waals surface area contributed by atoms with Crippen LogP contribution in [0.1, 0.15) is 12.5 Å². The van der Waals surface area contributed by atoms with Gasteiger partial charge in [-0.3, -0.25) is 0 Å². The first-order valence-electron chi connectivity index (χ1n) is 4.43. The molecule has 0 saturated carbocycles. The van der Waals surface area contributed by atoms with Gasteiger partial charge in [0, 0.05) is 9.13 Å². The Hall–Kier alpha value is -0.440. The first kappa shape index (κ1) is 14.6. The molecule has 0 heterocycles. The van der Waals surface area contributed by atoms with Crippen molar-refractivity contribution in [2.75, 3.05) is 0 Å². The Morgan fingerprint density at radius 1 is 1.06 bits per heavy atom. The molecule has 0 radical (unpaired) electrons. The van der Waals surface area contributed by atoms with Crippen molar-refractivity contribution in [3.63, 3.8) is 0 Å². The molecule has 0 amide bonds. The van der Waals surface area contributed by atoms with E-state index in [1.165, 1.54) is 18.2 Å². The lowest BCUT2D eigenvalue weighted by Gasteiger charge is -2.34. The largest absolute Gasteiger partial charge is 0.456 e. The molecule has 0 bridgehead atoms. The van der Waals surface area contributed by atoms with Crippen LogP contribution >= 0.6 is 22.6 Å². The minimum absolute atomic E-state index is 0.138. The summed E-state index contributed by atoms with van der Waals surface area (Å²) in [6.45, 7) is 0.456. The van der Waals surface area contributed by atoms with E-state index < -0.39 is 23.3 Å². The van der Waals surface area contributed by atoms with Crippen molar-refractivity contribution in [1.82, 2.24) is 0 Å². The Balaban J connectivity index is 3.34. The minimum Gasteiger partial charge on any atom is -0.379 e. The average Bonchev–Trinajstić information content (AvgIpc) is 2.16. The first-order valence-corrected chi connectivity index (χ1v) is 5.51. The van der Waals surface area contributed by atoms with Gasteiger partial charge in [-0.25, -0.2) is 0 Å². The molecule has 0 unspecified atom stereocenters. The maximum absolute atomic E-state index is 13.2. The normalized spacial score (nSPS) is 16.7. The summed E-state index contributed by atoms with van der Waals surface area (Å²) in [6.07, 6.45) is -5.81. The van der Waals surface area contributed by atoms with Crippen LogP contribution in [0.25, 0.3) is 0 Å². The third-order valence-electron chi connectivity index (χ3n) is 2.37. The Labute approximate surface area is 108 Å². The van der Waals surface area contributed by atoms with Crippen LogP contribution in [0, 0.1) is 3.57 Å². The molecular weight excluding hydrogens is 358 g/mol. The summed E-state index contributed by atoms with van der Waals surface area (Å²) in [6, 6.07) is 5.16. The molecule has 0 aromatic heterocycles. The van der Waals surface area contributed by atoms with Crippen LogP contribution in [-0.2, 0) is 5.60 Å². The molecule has 0 fully saturated rings. The predicted octanol–water partition coefficient (Wildman–Crippen LogP) is 3.70. The van der Waals surface area contributed by atoms with Gasteiger partial charge in [-0.1, -0.05) is 18.2 Å². The highest BCUT2D eigenvalue weighted by Gasteiger charge is 2.68. The van der Waals surface area contributed by atoms with Crippen LogP contribution in [0.3, 0.4) is 0 Å². The van der Waals surface area contributed by atoms with Crippen LogP contribution < -0.4 is 0 Å². The average molecular weight is 366 g/mol. The van der Waals surface area contributed by atoms with E-state index in [0.717, 1.165) is 6.07 Å². The lowest BCUT2D eigenvalue weighted by molar-refractivity contribution is -0.342. The zero-order valence-corrected chi connectivity index (χ0v) is 10.7. The fourth-order valence-corrected chi connectivity index (χ4v) is 2.21. The molecule has 1 aromatic carbocycles. The molecule has 0 spiro atoms. The molecule has 0 aliphatic heterocycles. The van der Waals surface area contributed by atoms with Gasteiger partial charge < -0.3 is 5.11 Å². The molecular formula is C10H8F5IO.